The number of carbonyl (C=O) groups is 1. The lowest BCUT2D eigenvalue weighted by atomic mass is 9.80. The number of aryl methyl sites for hydroxylation is 1. The first-order valence-corrected chi connectivity index (χ1v) is 8.15. The van der Waals surface area contributed by atoms with Crippen molar-refractivity contribution >= 4 is 5.91 Å². The van der Waals surface area contributed by atoms with Crippen LogP contribution < -0.4 is 5.32 Å². The zero-order chi connectivity index (χ0) is 17.1. The van der Waals surface area contributed by atoms with Crippen LogP contribution in [0, 0.1) is 6.92 Å². The third-order valence-corrected chi connectivity index (χ3v) is 5.07. The van der Waals surface area contributed by atoms with Gasteiger partial charge in [0.25, 0.3) is 5.91 Å². The van der Waals surface area contributed by atoms with E-state index in [1.165, 1.54) is 0 Å². The van der Waals surface area contributed by atoms with Crippen molar-refractivity contribution < 1.29 is 9.32 Å². The van der Waals surface area contributed by atoms with E-state index >= 15 is 0 Å². The predicted octanol–water partition coefficient (Wildman–Crippen LogP) is 3.17. The lowest BCUT2D eigenvalue weighted by Gasteiger charge is -2.49. The van der Waals surface area contributed by atoms with E-state index < -0.39 is 5.54 Å². The second kappa shape index (κ2) is 6.82. The van der Waals surface area contributed by atoms with Gasteiger partial charge in [-0.05, 0) is 47.7 Å². The number of hydrogen-bond acceptors (Lipinski definition) is 4. The van der Waals surface area contributed by atoms with Crippen molar-refractivity contribution in [3.05, 3.63) is 17.0 Å². The van der Waals surface area contributed by atoms with Crippen LogP contribution in [0.15, 0.2) is 4.52 Å². The lowest BCUT2D eigenvalue weighted by Crippen LogP contribution is -2.65. The zero-order valence-electron chi connectivity index (χ0n) is 15.3. The fourth-order valence-corrected chi connectivity index (χ4v) is 2.82. The van der Waals surface area contributed by atoms with Crippen LogP contribution in [-0.2, 0) is 6.42 Å². The quantitative estimate of drug-likeness (QED) is 0.840. The summed E-state index contributed by atoms with van der Waals surface area (Å²) in [5.74, 6) is 0.595. The van der Waals surface area contributed by atoms with Gasteiger partial charge >= 0.3 is 0 Å². The smallest absolute Gasteiger partial charge is 0.274 e. The summed E-state index contributed by atoms with van der Waals surface area (Å²) in [6, 6.07) is 0. The largest absolute Gasteiger partial charge is 0.360 e. The molecule has 1 heterocycles. The SMILES string of the molecule is CCc1onc(C(=O)NC(C)(C)C(C)(C)N(CC)CC)c1C. The van der Waals surface area contributed by atoms with Crippen LogP contribution in [0.25, 0.3) is 0 Å². The minimum absolute atomic E-state index is 0.175. The number of amides is 1. The van der Waals surface area contributed by atoms with E-state index in [1.807, 2.05) is 13.8 Å². The first kappa shape index (κ1) is 18.7. The molecule has 0 spiro atoms. The highest BCUT2D eigenvalue weighted by Gasteiger charge is 2.42. The molecular formula is C17H31N3O2. The Morgan fingerprint density at radius 1 is 1.18 bits per heavy atom. The van der Waals surface area contributed by atoms with Crippen LogP contribution in [0.1, 0.15) is 70.3 Å². The van der Waals surface area contributed by atoms with Crippen molar-refractivity contribution in [2.24, 2.45) is 0 Å². The molecule has 1 amide bonds. The van der Waals surface area contributed by atoms with Crippen molar-refractivity contribution in [2.45, 2.75) is 72.9 Å². The van der Waals surface area contributed by atoms with Gasteiger partial charge in [-0.25, -0.2) is 0 Å². The van der Waals surface area contributed by atoms with E-state index in [2.05, 4.69) is 56.9 Å². The van der Waals surface area contributed by atoms with Crippen LogP contribution in [-0.4, -0.2) is 40.1 Å². The summed E-state index contributed by atoms with van der Waals surface area (Å²) in [7, 11) is 0. The molecule has 0 saturated carbocycles. The molecule has 5 nitrogen and oxygen atoms in total. The molecule has 0 bridgehead atoms. The Morgan fingerprint density at radius 2 is 1.73 bits per heavy atom. The minimum Gasteiger partial charge on any atom is -0.360 e. The fourth-order valence-electron chi connectivity index (χ4n) is 2.82. The molecule has 1 N–H and O–H groups in total. The first-order chi connectivity index (χ1) is 10.1. The minimum atomic E-state index is -0.409. The number of carbonyl (C=O) groups excluding carboxylic acids is 1. The Balaban J connectivity index is 3.00. The number of likely N-dealkylation sites (N-methyl/N-ethyl adjacent to an activating group) is 1. The monoisotopic (exact) mass is 309 g/mol. The maximum absolute atomic E-state index is 12.6. The van der Waals surface area contributed by atoms with Gasteiger partial charge in [-0.1, -0.05) is 25.9 Å². The average molecular weight is 309 g/mol. The van der Waals surface area contributed by atoms with Gasteiger partial charge in [0.05, 0.1) is 5.54 Å². The highest BCUT2D eigenvalue weighted by molar-refractivity contribution is 5.94. The maximum atomic E-state index is 12.6. The van der Waals surface area contributed by atoms with Crippen LogP contribution in [0.5, 0.6) is 0 Å². The standard InChI is InChI=1S/C17H31N3O2/c1-9-13-12(4)14(19-22-13)15(21)18-16(5,6)17(7,8)20(10-2)11-3/h9-11H2,1-8H3,(H,18,21). The summed E-state index contributed by atoms with van der Waals surface area (Å²) < 4.78 is 5.23. The molecule has 1 aromatic heterocycles. The molecule has 0 aliphatic heterocycles. The van der Waals surface area contributed by atoms with Gasteiger partial charge in [-0.3, -0.25) is 9.69 Å². The van der Waals surface area contributed by atoms with Crippen molar-refractivity contribution in [3.63, 3.8) is 0 Å². The van der Waals surface area contributed by atoms with Crippen LogP contribution >= 0.6 is 0 Å². The van der Waals surface area contributed by atoms with Crippen molar-refractivity contribution in [1.29, 1.82) is 0 Å². The number of rotatable bonds is 7. The molecule has 0 aliphatic rings. The molecule has 5 heteroatoms. The van der Waals surface area contributed by atoms with Gasteiger partial charge in [0.1, 0.15) is 5.76 Å². The summed E-state index contributed by atoms with van der Waals surface area (Å²) in [5.41, 5.74) is 0.627. The van der Waals surface area contributed by atoms with E-state index in [9.17, 15) is 4.79 Å². The molecule has 0 unspecified atom stereocenters. The summed E-state index contributed by atoms with van der Waals surface area (Å²) in [6.45, 7) is 18.4. The van der Waals surface area contributed by atoms with Gasteiger partial charge in [-0.15, -0.1) is 0 Å². The predicted molar refractivity (Wildman–Crippen MR) is 89.2 cm³/mol. The van der Waals surface area contributed by atoms with Crippen molar-refractivity contribution in [3.8, 4) is 0 Å². The molecule has 0 atom stereocenters. The Labute approximate surface area is 134 Å². The number of nitrogens with zero attached hydrogens (tertiary/aromatic N) is 2. The van der Waals surface area contributed by atoms with Gasteiger partial charge in [0, 0.05) is 17.5 Å². The fraction of sp³-hybridized carbons (Fsp3) is 0.765. The molecule has 0 radical (unpaired) electrons. The van der Waals surface area contributed by atoms with Gasteiger partial charge in [-0.2, -0.15) is 0 Å². The van der Waals surface area contributed by atoms with Crippen LogP contribution in [0.2, 0.25) is 0 Å². The average Bonchev–Trinajstić information content (AvgIpc) is 2.80. The summed E-state index contributed by atoms with van der Waals surface area (Å²) >= 11 is 0. The normalized spacial score (nSPS) is 12.8. The molecule has 0 fully saturated rings. The van der Waals surface area contributed by atoms with Gasteiger partial charge in [0.2, 0.25) is 0 Å². The van der Waals surface area contributed by atoms with E-state index in [0.29, 0.717) is 5.69 Å². The Morgan fingerprint density at radius 3 is 2.14 bits per heavy atom. The third kappa shape index (κ3) is 3.35. The first-order valence-electron chi connectivity index (χ1n) is 8.15. The molecule has 22 heavy (non-hydrogen) atoms. The second-order valence-electron chi connectivity index (χ2n) is 6.74. The highest BCUT2D eigenvalue weighted by Crippen LogP contribution is 2.28. The van der Waals surface area contributed by atoms with Crippen molar-refractivity contribution in [1.82, 2.24) is 15.4 Å². The Bertz CT molecular complexity index is 514. The molecule has 1 aromatic rings. The molecule has 0 saturated heterocycles. The van der Waals surface area contributed by atoms with E-state index in [0.717, 1.165) is 30.8 Å². The van der Waals surface area contributed by atoms with E-state index in [1.54, 1.807) is 0 Å². The summed E-state index contributed by atoms with van der Waals surface area (Å²) in [6.07, 6.45) is 0.737. The topological polar surface area (TPSA) is 58.4 Å². The zero-order valence-corrected chi connectivity index (χ0v) is 15.3. The highest BCUT2D eigenvalue weighted by atomic mass is 16.5. The molecule has 0 aliphatic carbocycles. The van der Waals surface area contributed by atoms with E-state index in [-0.39, 0.29) is 11.4 Å². The number of aromatic nitrogens is 1. The van der Waals surface area contributed by atoms with E-state index in [4.69, 9.17) is 4.52 Å². The lowest BCUT2D eigenvalue weighted by molar-refractivity contribution is 0.0425. The van der Waals surface area contributed by atoms with Crippen molar-refractivity contribution in [2.75, 3.05) is 13.1 Å². The third-order valence-electron chi connectivity index (χ3n) is 5.07. The molecule has 126 valence electrons. The van der Waals surface area contributed by atoms with Crippen LogP contribution in [0.4, 0.5) is 0 Å². The molecular weight excluding hydrogens is 278 g/mol. The second-order valence-corrected chi connectivity index (χ2v) is 6.74. The molecule has 1 rings (SSSR count). The van der Waals surface area contributed by atoms with Crippen LogP contribution in [0.3, 0.4) is 0 Å². The summed E-state index contributed by atoms with van der Waals surface area (Å²) in [5, 5.41) is 7.07. The molecule has 0 aromatic carbocycles. The summed E-state index contributed by atoms with van der Waals surface area (Å²) in [4.78, 5) is 15.0. The number of nitrogens with one attached hydrogen (secondary N) is 1. The number of hydrogen-bond donors (Lipinski definition) is 1. The Hall–Kier alpha value is -1.36. The van der Waals surface area contributed by atoms with Gasteiger partial charge in [0.15, 0.2) is 5.69 Å². The Kier molecular flexibility index (Phi) is 5.79. The van der Waals surface area contributed by atoms with Gasteiger partial charge < -0.3 is 9.84 Å². The maximum Gasteiger partial charge on any atom is 0.274 e.